The van der Waals surface area contributed by atoms with Gasteiger partial charge < -0.3 is 25.4 Å². The largest absolute Gasteiger partial charge is 0.484 e. The molecule has 162 valence electrons. The number of nitrogens with one attached hydrogen (secondary N) is 1. The number of nitrogens with zero attached hydrogens (tertiary/aromatic N) is 1. The van der Waals surface area contributed by atoms with Gasteiger partial charge in [-0.25, -0.2) is 0 Å². The van der Waals surface area contributed by atoms with E-state index in [2.05, 4.69) is 5.32 Å². The van der Waals surface area contributed by atoms with Gasteiger partial charge in [-0.05, 0) is 31.9 Å². The molecule has 0 spiro atoms. The highest BCUT2D eigenvalue weighted by molar-refractivity contribution is 5.99. The van der Waals surface area contributed by atoms with E-state index in [-0.39, 0.29) is 36.9 Å². The Morgan fingerprint density at radius 2 is 1.97 bits per heavy atom. The van der Waals surface area contributed by atoms with Gasteiger partial charge in [-0.15, -0.1) is 12.4 Å². The van der Waals surface area contributed by atoms with E-state index in [1.165, 1.54) is 0 Å². The van der Waals surface area contributed by atoms with Crippen molar-refractivity contribution in [2.24, 2.45) is 11.1 Å². The van der Waals surface area contributed by atoms with Crippen LogP contribution in [0.1, 0.15) is 40.0 Å². The second kappa shape index (κ2) is 9.32. The normalized spacial score (nSPS) is 25.0. The zero-order valence-corrected chi connectivity index (χ0v) is 18.2. The summed E-state index contributed by atoms with van der Waals surface area (Å²) >= 11 is 0. The van der Waals surface area contributed by atoms with Gasteiger partial charge in [0.1, 0.15) is 11.3 Å². The quantitative estimate of drug-likeness (QED) is 0.700. The summed E-state index contributed by atoms with van der Waals surface area (Å²) in [5.74, 6) is 0.293. The molecule has 0 aromatic heterocycles. The number of amides is 2. The summed E-state index contributed by atoms with van der Waals surface area (Å²) < 4.78 is 11.3. The van der Waals surface area contributed by atoms with E-state index in [4.69, 9.17) is 15.2 Å². The summed E-state index contributed by atoms with van der Waals surface area (Å²) in [4.78, 5) is 26.8. The van der Waals surface area contributed by atoms with Gasteiger partial charge in [-0.3, -0.25) is 9.59 Å². The van der Waals surface area contributed by atoms with E-state index in [0.717, 1.165) is 25.9 Å². The fraction of sp³-hybridized carbons (Fsp3) is 0.619. The minimum absolute atomic E-state index is 0. The van der Waals surface area contributed by atoms with Gasteiger partial charge in [0.05, 0.1) is 6.10 Å². The first kappa shape index (κ1) is 23.4. The maximum Gasteiger partial charge on any atom is 0.260 e. The number of nitrogens with two attached hydrogens (primary N) is 1. The van der Waals surface area contributed by atoms with Crippen molar-refractivity contribution in [2.75, 3.05) is 31.6 Å². The first-order valence-electron chi connectivity index (χ1n) is 10.0. The number of benzene rings is 1. The van der Waals surface area contributed by atoms with E-state index >= 15 is 0 Å². The highest BCUT2D eigenvalue weighted by atomic mass is 35.5. The lowest BCUT2D eigenvalue weighted by molar-refractivity contribution is -0.166. The Morgan fingerprint density at radius 1 is 1.28 bits per heavy atom. The molecule has 2 aliphatic rings. The van der Waals surface area contributed by atoms with Gasteiger partial charge in [0.25, 0.3) is 5.91 Å². The van der Waals surface area contributed by atoms with Crippen molar-refractivity contribution >= 4 is 29.9 Å². The van der Waals surface area contributed by atoms with Crippen LogP contribution in [0, 0.1) is 5.41 Å². The number of hydrogen-bond donors (Lipinski definition) is 2. The lowest BCUT2D eigenvalue weighted by atomic mass is 9.54. The first-order valence-corrected chi connectivity index (χ1v) is 10.0. The standard InChI is InChI=1S/C21H31N3O4.ClH/c1-4-27-17-13-21(22,20(17,2)3)19(26)23-15-8-7-9-16(12-15)28-14-18(25)24-10-5-6-11-24;/h7-9,12,17H,4-6,10-11,13-14,22H2,1-3H3,(H,23,26);1H. The number of carbonyl (C=O) groups excluding carboxylic acids is 2. The van der Waals surface area contributed by atoms with E-state index < -0.39 is 11.0 Å². The molecule has 1 aromatic carbocycles. The number of likely N-dealkylation sites (tertiary alicyclic amines) is 1. The van der Waals surface area contributed by atoms with Gasteiger partial charge in [0.2, 0.25) is 5.91 Å². The minimum atomic E-state index is -0.991. The maximum atomic E-state index is 12.8. The Hall–Kier alpha value is -1.83. The summed E-state index contributed by atoms with van der Waals surface area (Å²) in [5.41, 5.74) is 5.57. The monoisotopic (exact) mass is 425 g/mol. The average molecular weight is 426 g/mol. The molecule has 3 N–H and O–H groups in total. The highest BCUT2D eigenvalue weighted by Crippen LogP contribution is 2.50. The molecule has 29 heavy (non-hydrogen) atoms. The van der Waals surface area contributed by atoms with Gasteiger partial charge in [0.15, 0.2) is 6.61 Å². The van der Waals surface area contributed by atoms with Crippen LogP contribution in [0.4, 0.5) is 5.69 Å². The van der Waals surface area contributed by atoms with E-state index in [1.54, 1.807) is 24.3 Å². The lowest BCUT2D eigenvalue weighted by Gasteiger charge is -2.57. The van der Waals surface area contributed by atoms with E-state index in [9.17, 15) is 9.59 Å². The fourth-order valence-electron chi connectivity index (χ4n) is 3.93. The predicted molar refractivity (Wildman–Crippen MR) is 114 cm³/mol. The molecule has 2 unspecified atom stereocenters. The van der Waals surface area contributed by atoms with Gasteiger partial charge in [0, 0.05) is 43.3 Å². The van der Waals surface area contributed by atoms with Gasteiger partial charge >= 0.3 is 0 Å². The van der Waals surface area contributed by atoms with Crippen molar-refractivity contribution in [1.29, 1.82) is 0 Å². The van der Waals surface area contributed by atoms with E-state index in [1.807, 2.05) is 25.7 Å². The maximum absolute atomic E-state index is 12.8. The Bertz CT molecular complexity index is 736. The molecule has 1 aromatic rings. The van der Waals surface area contributed by atoms with Crippen molar-refractivity contribution in [3.63, 3.8) is 0 Å². The molecule has 1 aliphatic heterocycles. The topological polar surface area (TPSA) is 93.9 Å². The first-order chi connectivity index (χ1) is 13.3. The van der Waals surface area contributed by atoms with Crippen LogP contribution in [0.15, 0.2) is 24.3 Å². The molecule has 3 rings (SSSR count). The van der Waals surface area contributed by atoms with Crippen LogP contribution in [-0.4, -0.2) is 54.7 Å². The van der Waals surface area contributed by atoms with Crippen LogP contribution in [0.3, 0.4) is 0 Å². The lowest BCUT2D eigenvalue weighted by Crippen LogP contribution is -2.74. The van der Waals surface area contributed by atoms with Crippen molar-refractivity contribution in [3.05, 3.63) is 24.3 Å². The molecule has 2 atom stereocenters. The number of halogens is 1. The third-order valence-corrected chi connectivity index (χ3v) is 6.15. The number of hydrogen-bond acceptors (Lipinski definition) is 5. The minimum Gasteiger partial charge on any atom is -0.484 e. The Kier molecular flexibility index (Phi) is 7.54. The molecule has 0 radical (unpaired) electrons. The second-order valence-corrected chi connectivity index (χ2v) is 8.20. The third kappa shape index (κ3) is 4.68. The van der Waals surface area contributed by atoms with Crippen molar-refractivity contribution in [2.45, 2.75) is 51.7 Å². The zero-order valence-electron chi connectivity index (χ0n) is 17.4. The smallest absolute Gasteiger partial charge is 0.260 e. The fourth-order valence-corrected chi connectivity index (χ4v) is 3.93. The SMILES string of the molecule is CCOC1CC(N)(C(=O)Nc2cccc(OCC(=O)N3CCCC3)c2)C1(C)C.Cl. The van der Waals surface area contributed by atoms with E-state index in [0.29, 0.717) is 24.5 Å². The molecule has 1 saturated heterocycles. The summed E-state index contributed by atoms with van der Waals surface area (Å²) in [5, 5.41) is 2.89. The van der Waals surface area contributed by atoms with Crippen molar-refractivity contribution in [1.82, 2.24) is 4.90 Å². The summed E-state index contributed by atoms with van der Waals surface area (Å²) in [6.07, 6.45) is 2.56. The predicted octanol–water partition coefficient (Wildman–Crippen LogP) is 2.58. The molecular formula is C21H32ClN3O4. The molecular weight excluding hydrogens is 394 g/mol. The Labute approximate surface area is 178 Å². The van der Waals surface area contributed by atoms with Crippen LogP contribution < -0.4 is 15.8 Å². The van der Waals surface area contributed by atoms with Gasteiger partial charge in [-0.1, -0.05) is 19.9 Å². The van der Waals surface area contributed by atoms with Crippen LogP contribution in [0.2, 0.25) is 0 Å². The summed E-state index contributed by atoms with van der Waals surface area (Å²) in [6.45, 7) is 8.06. The Morgan fingerprint density at radius 3 is 2.59 bits per heavy atom. The number of ether oxygens (including phenoxy) is 2. The summed E-state index contributed by atoms with van der Waals surface area (Å²) in [7, 11) is 0. The molecule has 8 heteroatoms. The molecule has 2 amide bonds. The second-order valence-electron chi connectivity index (χ2n) is 8.20. The number of anilines is 1. The molecule has 1 saturated carbocycles. The third-order valence-electron chi connectivity index (χ3n) is 6.15. The number of carbonyl (C=O) groups is 2. The molecule has 7 nitrogen and oxygen atoms in total. The van der Waals surface area contributed by atoms with Crippen LogP contribution in [0.5, 0.6) is 5.75 Å². The number of rotatable bonds is 7. The van der Waals surface area contributed by atoms with Crippen LogP contribution in [-0.2, 0) is 14.3 Å². The molecule has 2 fully saturated rings. The Balaban J connectivity index is 0.00000300. The summed E-state index contributed by atoms with van der Waals surface area (Å²) in [6, 6.07) is 7.04. The molecule has 1 heterocycles. The van der Waals surface area contributed by atoms with Crippen molar-refractivity contribution in [3.8, 4) is 5.75 Å². The van der Waals surface area contributed by atoms with Crippen molar-refractivity contribution < 1.29 is 19.1 Å². The molecule has 0 bridgehead atoms. The average Bonchev–Trinajstić information content (AvgIpc) is 3.21. The molecule has 1 aliphatic carbocycles. The zero-order chi connectivity index (χ0) is 20.4. The van der Waals surface area contributed by atoms with Gasteiger partial charge in [-0.2, -0.15) is 0 Å². The van der Waals surface area contributed by atoms with Crippen LogP contribution >= 0.6 is 12.4 Å². The van der Waals surface area contributed by atoms with Crippen LogP contribution in [0.25, 0.3) is 0 Å². The highest BCUT2D eigenvalue weighted by Gasteiger charge is 2.62.